The summed E-state index contributed by atoms with van der Waals surface area (Å²) >= 11 is 0. The maximum atomic E-state index is 4.47. The minimum absolute atomic E-state index is 0.415. The molecule has 0 saturated heterocycles. The monoisotopic (exact) mass is 285 g/mol. The number of aromatic amines is 1. The van der Waals surface area contributed by atoms with E-state index in [-0.39, 0.29) is 0 Å². The van der Waals surface area contributed by atoms with Crippen LogP contribution >= 0.6 is 0 Å². The Morgan fingerprint density at radius 2 is 2.10 bits per heavy atom. The standard InChI is InChI=1S/C16H23N5/c1-6-11(2)21(5)16(18-4)15(17-3)12-7-8-14-13(9-12)10-19-20-14/h7-11H,6H2,1-5H3,(H,19,20). The van der Waals surface area contributed by atoms with Gasteiger partial charge >= 0.3 is 0 Å². The van der Waals surface area contributed by atoms with Crippen molar-refractivity contribution in [2.75, 3.05) is 21.1 Å². The molecule has 1 N–H and O–H groups in total. The van der Waals surface area contributed by atoms with Crippen molar-refractivity contribution in [1.82, 2.24) is 15.1 Å². The number of nitrogens with one attached hydrogen (secondary N) is 1. The lowest BCUT2D eigenvalue weighted by atomic mass is 10.1. The van der Waals surface area contributed by atoms with Crippen molar-refractivity contribution < 1.29 is 0 Å². The van der Waals surface area contributed by atoms with Crippen LogP contribution in [0, 0.1) is 0 Å². The summed E-state index contributed by atoms with van der Waals surface area (Å²) in [5, 5.41) is 8.11. The quantitative estimate of drug-likeness (QED) is 0.693. The maximum Gasteiger partial charge on any atom is 0.149 e. The predicted octanol–water partition coefficient (Wildman–Crippen LogP) is 2.74. The fraction of sp³-hybridized carbons (Fsp3) is 0.438. The fourth-order valence-electron chi connectivity index (χ4n) is 2.36. The van der Waals surface area contributed by atoms with Gasteiger partial charge < -0.3 is 4.90 Å². The molecule has 0 radical (unpaired) electrons. The van der Waals surface area contributed by atoms with Crippen LogP contribution in [0.3, 0.4) is 0 Å². The number of H-pyrrole nitrogens is 1. The van der Waals surface area contributed by atoms with Crippen LogP contribution < -0.4 is 0 Å². The van der Waals surface area contributed by atoms with Gasteiger partial charge in [-0.2, -0.15) is 5.10 Å². The number of benzene rings is 1. The van der Waals surface area contributed by atoms with Gasteiger partial charge in [0.05, 0.1) is 11.7 Å². The molecule has 1 aromatic carbocycles. The number of nitrogens with zero attached hydrogens (tertiary/aromatic N) is 4. The molecule has 5 heteroatoms. The number of likely N-dealkylation sites (N-methyl/N-ethyl adjacent to an activating group) is 1. The smallest absolute Gasteiger partial charge is 0.149 e. The number of rotatable bonds is 4. The molecule has 0 aliphatic heterocycles. The lowest BCUT2D eigenvalue weighted by molar-refractivity contribution is 0.384. The Balaban J connectivity index is 2.42. The molecule has 0 bridgehead atoms. The van der Waals surface area contributed by atoms with Crippen LogP contribution in [0.2, 0.25) is 0 Å². The van der Waals surface area contributed by atoms with E-state index in [1.54, 1.807) is 0 Å². The number of amidine groups is 1. The molecule has 1 heterocycles. The van der Waals surface area contributed by atoms with Crippen molar-refractivity contribution in [3.63, 3.8) is 0 Å². The Bertz CT molecular complexity index is 668. The van der Waals surface area contributed by atoms with Gasteiger partial charge in [0.25, 0.3) is 0 Å². The number of hydrogen-bond acceptors (Lipinski definition) is 3. The predicted molar refractivity (Wildman–Crippen MR) is 89.4 cm³/mol. The normalized spacial score (nSPS) is 14.5. The number of aliphatic imine (C=N–C) groups is 2. The molecule has 2 aromatic rings. The number of fused-ring (bicyclic) bond motifs is 1. The molecule has 0 aliphatic carbocycles. The van der Waals surface area contributed by atoms with Crippen molar-refractivity contribution in [3.05, 3.63) is 30.0 Å². The lowest BCUT2D eigenvalue weighted by Crippen LogP contribution is -2.39. The molecule has 5 nitrogen and oxygen atoms in total. The van der Waals surface area contributed by atoms with Crippen molar-refractivity contribution in [2.45, 2.75) is 26.3 Å². The van der Waals surface area contributed by atoms with Gasteiger partial charge in [-0.05, 0) is 25.5 Å². The third-order valence-electron chi connectivity index (χ3n) is 3.95. The highest BCUT2D eigenvalue weighted by molar-refractivity contribution is 6.47. The average molecular weight is 285 g/mol. The summed E-state index contributed by atoms with van der Waals surface area (Å²) in [6.45, 7) is 4.37. The van der Waals surface area contributed by atoms with E-state index in [1.165, 1.54) is 0 Å². The molecule has 1 unspecified atom stereocenters. The van der Waals surface area contributed by atoms with Crippen LogP contribution in [0.5, 0.6) is 0 Å². The first-order valence-corrected chi connectivity index (χ1v) is 7.22. The molecule has 0 amide bonds. The van der Waals surface area contributed by atoms with Crippen molar-refractivity contribution in [3.8, 4) is 0 Å². The lowest BCUT2D eigenvalue weighted by Gasteiger charge is -2.28. The molecule has 1 atom stereocenters. The van der Waals surface area contributed by atoms with E-state index in [0.717, 1.165) is 34.4 Å². The van der Waals surface area contributed by atoms with Gasteiger partial charge in [0, 0.05) is 38.1 Å². The van der Waals surface area contributed by atoms with E-state index in [0.29, 0.717) is 6.04 Å². The average Bonchev–Trinajstić information content (AvgIpc) is 2.98. The Hall–Kier alpha value is -2.17. The Morgan fingerprint density at radius 1 is 1.33 bits per heavy atom. The van der Waals surface area contributed by atoms with Gasteiger partial charge in [0.15, 0.2) is 0 Å². The molecule has 21 heavy (non-hydrogen) atoms. The van der Waals surface area contributed by atoms with Crippen molar-refractivity contribution in [1.29, 1.82) is 0 Å². The highest BCUT2D eigenvalue weighted by atomic mass is 15.2. The summed E-state index contributed by atoms with van der Waals surface area (Å²) in [7, 11) is 5.69. The zero-order valence-electron chi connectivity index (χ0n) is 13.4. The van der Waals surface area contributed by atoms with Gasteiger partial charge in [0.2, 0.25) is 0 Å². The largest absolute Gasteiger partial charge is 0.355 e. The maximum absolute atomic E-state index is 4.47. The molecular weight excluding hydrogens is 262 g/mol. The Labute approximate surface area is 125 Å². The zero-order chi connectivity index (χ0) is 15.4. The fourth-order valence-corrected chi connectivity index (χ4v) is 2.36. The van der Waals surface area contributed by atoms with E-state index in [2.05, 4.69) is 58.1 Å². The summed E-state index contributed by atoms with van der Waals surface area (Å²) in [6.07, 6.45) is 2.89. The summed E-state index contributed by atoms with van der Waals surface area (Å²) < 4.78 is 0. The SMILES string of the molecule is CCC(C)N(C)C(=NC)C(=NC)c1ccc2[nH]ncc2c1. The molecular formula is C16H23N5. The van der Waals surface area contributed by atoms with E-state index < -0.39 is 0 Å². The first-order valence-electron chi connectivity index (χ1n) is 7.22. The first-order chi connectivity index (χ1) is 10.1. The highest BCUT2D eigenvalue weighted by Crippen LogP contribution is 2.16. The van der Waals surface area contributed by atoms with E-state index in [4.69, 9.17) is 0 Å². The summed E-state index contributed by atoms with van der Waals surface area (Å²) in [6, 6.07) is 6.59. The molecule has 0 aliphatic rings. The second kappa shape index (κ2) is 6.52. The molecule has 0 saturated carbocycles. The van der Waals surface area contributed by atoms with Crippen molar-refractivity contribution in [2.24, 2.45) is 9.98 Å². The van der Waals surface area contributed by atoms with E-state index >= 15 is 0 Å². The third kappa shape index (κ3) is 2.96. The minimum atomic E-state index is 0.415. The van der Waals surface area contributed by atoms with Gasteiger partial charge in [-0.3, -0.25) is 15.1 Å². The number of hydrogen-bond donors (Lipinski definition) is 1. The molecule has 2 rings (SSSR count). The van der Waals surface area contributed by atoms with Crippen LogP contribution in [0.15, 0.2) is 34.4 Å². The number of aromatic nitrogens is 2. The third-order valence-corrected chi connectivity index (χ3v) is 3.95. The summed E-state index contributed by atoms with van der Waals surface area (Å²) in [5.74, 6) is 0.912. The second-order valence-electron chi connectivity index (χ2n) is 5.16. The van der Waals surface area contributed by atoms with Crippen LogP contribution in [0.1, 0.15) is 25.8 Å². The molecule has 0 fully saturated rings. The zero-order valence-corrected chi connectivity index (χ0v) is 13.4. The van der Waals surface area contributed by atoms with E-state index in [1.807, 2.05) is 26.4 Å². The van der Waals surface area contributed by atoms with E-state index in [9.17, 15) is 0 Å². The Morgan fingerprint density at radius 3 is 2.71 bits per heavy atom. The van der Waals surface area contributed by atoms with Crippen LogP contribution in [0.25, 0.3) is 10.9 Å². The Kier molecular flexibility index (Phi) is 4.73. The summed E-state index contributed by atoms with van der Waals surface area (Å²) in [5.41, 5.74) is 2.99. The minimum Gasteiger partial charge on any atom is -0.355 e. The van der Waals surface area contributed by atoms with Crippen LogP contribution in [0.4, 0.5) is 0 Å². The van der Waals surface area contributed by atoms with Gasteiger partial charge in [-0.25, -0.2) is 0 Å². The molecule has 0 spiro atoms. The molecule has 1 aromatic heterocycles. The van der Waals surface area contributed by atoms with Gasteiger partial charge in [0.1, 0.15) is 11.5 Å². The first kappa shape index (κ1) is 15.2. The van der Waals surface area contributed by atoms with Crippen LogP contribution in [-0.4, -0.2) is 53.8 Å². The van der Waals surface area contributed by atoms with Gasteiger partial charge in [-0.1, -0.05) is 13.0 Å². The van der Waals surface area contributed by atoms with Crippen molar-refractivity contribution >= 4 is 22.5 Å². The summed E-state index contributed by atoms with van der Waals surface area (Å²) in [4.78, 5) is 11.1. The van der Waals surface area contributed by atoms with Crippen LogP contribution in [-0.2, 0) is 0 Å². The topological polar surface area (TPSA) is 56.6 Å². The molecule has 112 valence electrons. The second-order valence-corrected chi connectivity index (χ2v) is 5.16. The van der Waals surface area contributed by atoms with Gasteiger partial charge in [-0.15, -0.1) is 0 Å². The highest BCUT2D eigenvalue weighted by Gasteiger charge is 2.18.